The zero-order valence-corrected chi connectivity index (χ0v) is 19.1. The van der Waals surface area contributed by atoms with Crippen molar-refractivity contribution in [3.8, 4) is 22.8 Å². The fourth-order valence-corrected chi connectivity index (χ4v) is 4.67. The fraction of sp³-hybridized carbons (Fsp3) is 0.435. The van der Waals surface area contributed by atoms with Crippen molar-refractivity contribution in [1.82, 2.24) is 24.6 Å². The second kappa shape index (κ2) is 8.81. The molecule has 1 aromatic carbocycles. The molecule has 1 amide bonds. The topological polar surface area (TPSA) is 135 Å². The summed E-state index contributed by atoms with van der Waals surface area (Å²) in [4.78, 5) is 34.5. The summed E-state index contributed by atoms with van der Waals surface area (Å²) >= 11 is 0. The maximum absolute atomic E-state index is 12.7. The average Bonchev–Trinajstić information content (AvgIpc) is 3.48. The van der Waals surface area contributed by atoms with Crippen LogP contribution in [0, 0.1) is 0 Å². The molecule has 34 heavy (non-hydrogen) atoms. The number of likely N-dealkylation sites (tertiary alicyclic amines) is 1. The van der Waals surface area contributed by atoms with E-state index in [1.807, 2.05) is 22.9 Å². The summed E-state index contributed by atoms with van der Waals surface area (Å²) in [5.74, 6) is 1.11. The number of amides is 1. The smallest absolute Gasteiger partial charge is 0.306 e. The molecule has 5 rings (SSSR count). The normalized spacial score (nSPS) is 18.8. The first-order valence-electron chi connectivity index (χ1n) is 11.2. The summed E-state index contributed by atoms with van der Waals surface area (Å²) in [6.07, 6.45) is 2.91. The molecular formula is C23H26N6O5. The summed E-state index contributed by atoms with van der Waals surface area (Å²) in [6.45, 7) is 1.09. The molecule has 2 aliphatic rings. The Labute approximate surface area is 195 Å². The number of nitrogens with two attached hydrogens (primary N) is 1. The molecule has 2 saturated heterocycles. The lowest BCUT2D eigenvalue weighted by Gasteiger charge is -2.33. The van der Waals surface area contributed by atoms with Gasteiger partial charge in [0.2, 0.25) is 0 Å². The van der Waals surface area contributed by atoms with Gasteiger partial charge in [-0.05, 0) is 31.0 Å². The third-order valence-corrected chi connectivity index (χ3v) is 6.46. The van der Waals surface area contributed by atoms with Crippen molar-refractivity contribution in [3.63, 3.8) is 0 Å². The van der Waals surface area contributed by atoms with Gasteiger partial charge in [-0.15, -0.1) is 0 Å². The molecule has 0 bridgehead atoms. The number of esters is 1. The number of cyclic esters (lactones) is 1. The molecule has 1 unspecified atom stereocenters. The second-order valence-corrected chi connectivity index (χ2v) is 8.39. The second-order valence-electron chi connectivity index (χ2n) is 8.39. The number of carbonyl (C=O) groups is 2. The van der Waals surface area contributed by atoms with Gasteiger partial charge in [-0.2, -0.15) is 5.10 Å². The number of methoxy groups -OCH3 is 2. The molecule has 0 radical (unpaired) electrons. The van der Waals surface area contributed by atoms with Crippen LogP contribution in [0.25, 0.3) is 22.3 Å². The SMILES string of the molecule is COc1ccc(-c2nn(C3CCN(C(=O)C4CCC(=O)O4)CC3)c3ncnc(N)c23)cc1OC. The minimum atomic E-state index is -0.654. The molecule has 0 saturated carbocycles. The van der Waals surface area contributed by atoms with Gasteiger partial charge in [0.25, 0.3) is 5.91 Å². The van der Waals surface area contributed by atoms with E-state index < -0.39 is 6.10 Å². The van der Waals surface area contributed by atoms with Crippen molar-refractivity contribution in [2.75, 3.05) is 33.0 Å². The molecule has 3 aromatic rings. The first-order valence-corrected chi connectivity index (χ1v) is 11.2. The van der Waals surface area contributed by atoms with Crippen molar-refractivity contribution in [2.45, 2.75) is 37.8 Å². The number of fused-ring (bicyclic) bond motifs is 1. The van der Waals surface area contributed by atoms with E-state index in [2.05, 4.69) is 9.97 Å². The van der Waals surface area contributed by atoms with Gasteiger partial charge in [-0.25, -0.2) is 14.6 Å². The molecule has 11 nitrogen and oxygen atoms in total. The lowest BCUT2D eigenvalue weighted by Crippen LogP contribution is -2.44. The quantitative estimate of drug-likeness (QED) is 0.560. The molecule has 2 fully saturated rings. The number of benzene rings is 1. The van der Waals surface area contributed by atoms with Gasteiger partial charge >= 0.3 is 5.97 Å². The number of anilines is 1. The van der Waals surface area contributed by atoms with Crippen LogP contribution < -0.4 is 15.2 Å². The van der Waals surface area contributed by atoms with E-state index in [9.17, 15) is 9.59 Å². The monoisotopic (exact) mass is 466 g/mol. The minimum absolute atomic E-state index is 0.0286. The van der Waals surface area contributed by atoms with E-state index >= 15 is 0 Å². The number of nitrogen functional groups attached to an aromatic ring is 1. The molecule has 2 N–H and O–H groups in total. The van der Waals surface area contributed by atoms with Crippen LogP contribution in [0.4, 0.5) is 5.82 Å². The molecule has 2 aromatic heterocycles. The van der Waals surface area contributed by atoms with E-state index in [1.165, 1.54) is 6.33 Å². The first-order chi connectivity index (χ1) is 16.5. The highest BCUT2D eigenvalue weighted by Crippen LogP contribution is 2.37. The standard InChI is InChI=1S/C23H26N6O5/c1-32-15-4-3-13(11-17(15)33-2)20-19-21(24)25-12-26-22(19)29(27-20)14-7-9-28(10-8-14)23(31)16-5-6-18(30)34-16/h3-4,11-12,14,16H,5-10H2,1-2H3,(H2,24,25,26). The van der Waals surface area contributed by atoms with E-state index in [0.29, 0.717) is 72.8 Å². The van der Waals surface area contributed by atoms with Gasteiger partial charge in [0.1, 0.15) is 17.8 Å². The summed E-state index contributed by atoms with van der Waals surface area (Å²) in [7, 11) is 3.17. The summed E-state index contributed by atoms with van der Waals surface area (Å²) < 4.78 is 17.8. The largest absolute Gasteiger partial charge is 0.493 e. The number of ether oxygens (including phenoxy) is 3. The van der Waals surface area contributed by atoms with E-state index in [1.54, 1.807) is 19.1 Å². The van der Waals surface area contributed by atoms with Gasteiger partial charge in [0.15, 0.2) is 23.3 Å². The summed E-state index contributed by atoms with van der Waals surface area (Å²) in [5, 5.41) is 5.57. The van der Waals surface area contributed by atoms with Crippen molar-refractivity contribution in [1.29, 1.82) is 0 Å². The average molecular weight is 466 g/mol. The predicted molar refractivity (Wildman–Crippen MR) is 122 cm³/mol. The molecule has 0 spiro atoms. The lowest BCUT2D eigenvalue weighted by molar-refractivity contribution is -0.153. The van der Waals surface area contributed by atoms with Crippen molar-refractivity contribution >= 4 is 28.7 Å². The van der Waals surface area contributed by atoms with Gasteiger partial charge in [0.05, 0.1) is 25.6 Å². The lowest BCUT2D eigenvalue weighted by atomic mass is 10.0. The molecule has 11 heteroatoms. The first kappa shape index (κ1) is 21.9. The molecule has 4 heterocycles. The minimum Gasteiger partial charge on any atom is -0.493 e. The number of aromatic nitrogens is 4. The summed E-state index contributed by atoms with van der Waals surface area (Å²) in [5.41, 5.74) is 8.36. The van der Waals surface area contributed by atoms with Crippen LogP contribution in [0.2, 0.25) is 0 Å². The van der Waals surface area contributed by atoms with Crippen LogP contribution in [0.5, 0.6) is 11.5 Å². The molecule has 1 atom stereocenters. The highest BCUT2D eigenvalue weighted by Gasteiger charge is 2.35. The van der Waals surface area contributed by atoms with Crippen LogP contribution in [-0.4, -0.2) is 69.9 Å². The molecular weight excluding hydrogens is 440 g/mol. The maximum atomic E-state index is 12.7. The Hall–Kier alpha value is -3.89. The van der Waals surface area contributed by atoms with E-state index in [-0.39, 0.29) is 17.9 Å². The highest BCUT2D eigenvalue weighted by atomic mass is 16.6. The Morgan fingerprint density at radius 3 is 2.56 bits per heavy atom. The summed E-state index contributed by atoms with van der Waals surface area (Å²) in [6, 6.07) is 5.59. The van der Waals surface area contributed by atoms with Crippen molar-refractivity contribution in [2.24, 2.45) is 0 Å². The number of hydrogen-bond donors (Lipinski definition) is 1. The zero-order chi connectivity index (χ0) is 23.8. The van der Waals surface area contributed by atoms with Crippen LogP contribution in [0.3, 0.4) is 0 Å². The Bertz CT molecular complexity index is 1250. The highest BCUT2D eigenvalue weighted by molar-refractivity contribution is 5.98. The van der Waals surface area contributed by atoms with Crippen LogP contribution in [0.1, 0.15) is 31.7 Å². The van der Waals surface area contributed by atoms with Crippen LogP contribution in [-0.2, 0) is 14.3 Å². The number of hydrogen-bond acceptors (Lipinski definition) is 9. The van der Waals surface area contributed by atoms with Gasteiger partial charge < -0.3 is 24.8 Å². The van der Waals surface area contributed by atoms with Crippen LogP contribution in [0.15, 0.2) is 24.5 Å². The zero-order valence-electron chi connectivity index (χ0n) is 19.1. The predicted octanol–water partition coefficient (Wildman–Crippen LogP) is 1.96. The third kappa shape index (κ3) is 3.76. The van der Waals surface area contributed by atoms with E-state index in [0.717, 1.165) is 5.56 Å². The van der Waals surface area contributed by atoms with Crippen LogP contribution >= 0.6 is 0 Å². The van der Waals surface area contributed by atoms with Gasteiger partial charge in [0, 0.05) is 31.5 Å². The fourth-order valence-electron chi connectivity index (χ4n) is 4.67. The molecule has 178 valence electrons. The Balaban J connectivity index is 1.44. The Morgan fingerprint density at radius 2 is 1.88 bits per heavy atom. The molecule has 2 aliphatic heterocycles. The number of rotatable bonds is 5. The third-order valence-electron chi connectivity index (χ3n) is 6.46. The van der Waals surface area contributed by atoms with Gasteiger partial charge in [-0.1, -0.05) is 0 Å². The van der Waals surface area contributed by atoms with Crippen molar-refractivity contribution < 1.29 is 23.8 Å². The van der Waals surface area contributed by atoms with Crippen molar-refractivity contribution in [3.05, 3.63) is 24.5 Å². The number of carbonyl (C=O) groups excluding carboxylic acids is 2. The number of piperidine rings is 1. The Kier molecular flexibility index (Phi) is 5.68. The van der Waals surface area contributed by atoms with Gasteiger partial charge in [-0.3, -0.25) is 9.59 Å². The maximum Gasteiger partial charge on any atom is 0.306 e. The Morgan fingerprint density at radius 1 is 1.12 bits per heavy atom. The molecule has 0 aliphatic carbocycles. The van der Waals surface area contributed by atoms with E-state index in [4.69, 9.17) is 25.0 Å². The number of nitrogens with zero attached hydrogens (tertiary/aromatic N) is 5.